The minimum Gasteiger partial charge on any atom is -0.506 e. The second-order valence-electron chi connectivity index (χ2n) is 10.6. The molecule has 1 heterocycles. The molecule has 0 aromatic heterocycles. The van der Waals surface area contributed by atoms with Gasteiger partial charge in [0.15, 0.2) is 0 Å². The van der Waals surface area contributed by atoms with Gasteiger partial charge in [-0.3, -0.25) is 9.59 Å². The lowest BCUT2D eigenvalue weighted by atomic mass is 10.1. The first-order valence-corrected chi connectivity index (χ1v) is 17.3. The minimum absolute atomic E-state index is 0.0294. The zero-order valence-corrected chi connectivity index (χ0v) is 26.8. The maximum Gasteiger partial charge on any atom is 0.255 e. The van der Waals surface area contributed by atoms with E-state index in [1.165, 1.54) is 55.0 Å². The van der Waals surface area contributed by atoms with Crippen molar-refractivity contribution in [2.75, 3.05) is 22.9 Å². The monoisotopic (exact) mass is 669 g/mol. The minimum atomic E-state index is -3.58. The summed E-state index contributed by atoms with van der Waals surface area (Å²) in [5, 5.41) is 15.9. The van der Waals surface area contributed by atoms with E-state index in [1.807, 2.05) is 0 Å². The number of sulfonamides is 1. The lowest BCUT2D eigenvalue weighted by Crippen LogP contribution is -2.44. The van der Waals surface area contributed by atoms with E-state index >= 15 is 0 Å². The largest absolute Gasteiger partial charge is 0.506 e. The summed E-state index contributed by atoms with van der Waals surface area (Å²) in [6.45, 7) is 2.51. The Labute approximate surface area is 257 Å². The number of rotatable bonds is 16. The van der Waals surface area contributed by atoms with Gasteiger partial charge in [-0.25, -0.2) is 8.42 Å². The van der Waals surface area contributed by atoms with Crippen molar-refractivity contribution in [3.05, 3.63) is 51.5 Å². The van der Waals surface area contributed by atoms with Crippen LogP contribution in [0.3, 0.4) is 0 Å². The topological polar surface area (TPSA) is 116 Å². The number of halogens is 2. The fourth-order valence-electron chi connectivity index (χ4n) is 4.99. The smallest absolute Gasteiger partial charge is 0.255 e. The van der Waals surface area contributed by atoms with E-state index in [0.29, 0.717) is 31.4 Å². The standard InChI is InChI=1S/C30H41BrClN3O5S/c1-2-3-4-5-6-7-8-9-10-11-19-41(39,40)35-18-12-13-27(35)30(38)33-25-21-28(36)26(20-24(25)32)34-29(37)22-14-16-23(31)17-15-22/h14-17,20-21,27,36H,2-13,18-19H2,1H3,(H,33,38)(H,34,37). The number of carbonyl (C=O) groups excluding carboxylic acids is 2. The van der Waals surface area contributed by atoms with Crippen molar-refractivity contribution in [3.8, 4) is 5.75 Å². The third kappa shape index (κ3) is 10.3. The van der Waals surface area contributed by atoms with Crippen molar-refractivity contribution in [2.45, 2.75) is 90.0 Å². The predicted molar refractivity (Wildman–Crippen MR) is 169 cm³/mol. The number of nitrogens with one attached hydrogen (secondary N) is 2. The molecule has 11 heteroatoms. The molecule has 8 nitrogen and oxygen atoms in total. The summed E-state index contributed by atoms with van der Waals surface area (Å²) in [5.74, 6) is -1.19. The molecule has 0 radical (unpaired) electrons. The van der Waals surface area contributed by atoms with Crippen LogP contribution < -0.4 is 10.6 Å². The van der Waals surface area contributed by atoms with Crippen LogP contribution in [0, 0.1) is 0 Å². The predicted octanol–water partition coefficient (Wildman–Crippen LogP) is 7.71. The van der Waals surface area contributed by atoms with Gasteiger partial charge in [0, 0.05) is 22.6 Å². The molecule has 2 aromatic rings. The van der Waals surface area contributed by atoms with Crippen LogP contribution in [0.1, 0.15) is 94.3 Å². The third-order valence-electron chi connectivity index (χ3n) is 7.32. The fourth-order valence-corrected chi connectivity index (χ4v) is 7.27. The van der Waals surface area contributed by atoms with Gasteiger partial charge < -0.3 is 15.7 Å². The maximum atomic E-state index is 13.1. The quantitative estimate of drug-likeness (QED) is 0.125. The van der Waals surface area contributed by atoms with Gasteiger partial charge in [-0.15, -0.1) is 0 Å². The molecule has 1 fully saturated rings. The van der Waals surface area contributed by atoms with Crippen molar-refractivity contribution in [1.82, 2.24) is 4.31 Å². The van der Waals surface area contributed by atoms with Crippen LogP contribution in [-0.4, -0.2) is 48.0 Å². The summed E-state index contributed by atoms with van der Waals surface area (Å²) in [7, 11) is -3.58. The van der Waals surface area contributed by atoms with E-state index in [2.05, 4.69) is 33.5 Å². The first-order valence-electron chi connectivity index (χ1n) is 14.5. The van der Waals surface area contributed by atoms with E-state index in [0.717, 1.165) is 23.7 Å². The molecule has 1 aliphatic heterocycles. The number of benzene rings is 2. The van der Waals surface area contributed by atoms with Crippen LogP contribution in [0.4, 0.5) is 11.4 Å². The van der Waals surface area contributed by atoms with Crippen LogP contribution in [-0.2, 0) is 14.8 Å². The molecule has 2 amide bonds. The Morgan fingerprint density at radius 1 is 0.951 bits per heavy atom. The Bertz CT molecular complexity index is 1270. The molecule has 0 aliphatic carbocycles. The van der Waals surface area contributed by atoms with Gasteiger partial charge in [-0.1, -0.05) is 92.2 Å². The third-order valence-corrected chi connectivity index (χ3v) is 10.1. The van der Waals surface area contributed by atoms with Gasteiger partial charge in [0.1, 0.15) is 11.8 Å². The average Bonchev–Trinajstić information content (AvgIpc) is 3.44. The normalized spacial score (nSPS) is 15.6. The second-order valence-corrected chi connectivity index (χ2v) is 13.9. The van der Waals surface area contributed by atoms with Crippen LogP contribution in [0.25, 0.3) is 0 Å². The molecule has 0 bridgehead atoms. The highest BCUT2D eigenvalue weighted by Crippen LogP contribution is 2.35. The first-order chi connectivity index (χ1) is 19.6. The highest BCUT2D eigenvalue weighted by atomic mass is 79.9. The van der Waals surface area contributed by atoms with Crippen LogP contribution >= 0.6 is 27.5 Å². The summed E-state index contributed by atoms with van der Waals surface area (Å²) in [5.41, 5.74) is 0.610. The van der Waals surface area contributed by atoms with Crippen LogP contribution in [0.15, 0.2) is 40.9 Å². The lowest BCUT2D eigenvalue weighted by Gasteiger charge is -2.23. The SMILES string of the molecule is CCCCCCCCCCCCS(=O)(=O)N1CCCC1C(=O)Nc1cc(O)c(NC(=O)c2ccc(Br)cc2)cc1Cl. The molecule has 2 aromatic carbocycles. The van der Waals surface area contributed by atoms with Gasteiger partial charge in [-0.2, -0.15) is 4.31 Å². The van der Waals surface area contributed by atoms with Gasteiger partial charge in [0.2, 0.25) is 15.9 Å². The molecule has 1 unspecified atom stereocenters. The van der Waals surface area contributed by atoms with E-state index in [4.69, 9.17) is 11.6 Å². The molecular formula is C30H41BrClN3O5S. The molecule has 3 N–H and O–H groups in total. The van der Waals surface area contributed by atoms with Crippen LogP contribution in [0.5, 0.6) is 5.75 Å². The van der Waals surface area contributed by atoms with Gasteiger partial charge in [0.05, 0.1) is 22.2 Å². The van der Waals surface area contributed by atoms with Crippen molar-refractivity contribution < 1.29 is 23.1 Å². The molecule has 1 aliphatic rings. The molecule has 41 heavy (non-hydrogen) atoms. The molecule has 1 atom stereocenters. The summed E-state index contributed by atoms with van der Waals surface area (Å²) < 4.78 is 28.3. The molecule has 1 saturated heterocycles. The summed E-state index contributed by atoms with van der Waals surface area (Å²) in [4.78, 5) is 25.6. The summed E-state index contributed by atoms with van der Waals surface area (Å²) in [6.07, 6.45) is 12.1. The highest BCUT2D eigenvalue weighted by molar-refractivity contribution is 9.10. The molecular weight excluding hydrogens is 630 g/mol. The van der Waals surface area contributed by atoms with Crippen molar-refractivity contribution in [2.24, 2.45) is 0 Å². The van der Waals surface area contributed by atoms with Gasteiger partial charge in [-0.05, 0) is 49.6 Å². The number of hydrogen-bond acceptors (Lipinski definition) is 5. The second kappa shape index (κ2) is 16.5. The highest BCUT2D eigenvalue weighted by Gasteiger charge is 2.38. The van der Waals surface area contributed by atoms with Crippen molar-refractivity contribution in [1.29, 1.82) is 0 Å². The molecule has 0 saturated carbocycles. The van der Waals surface area contributed by atoms with E-state index in [1.54, 1.807) is 24.3 Å². The van der Waals surface area contributed by atoms with Gasteiger partial charge in [0.25, 0.3) is 5.91 Å². The fraction of sp³-hybridized carbons (Fsp3) is 0.533. The Morgan fingerprint density at radius 2 is 1.56 bits per heavy atom. The number of phenolic OH excluding ortho intramolecular Hbond substituents is 1. The lowest BCUT2D eigenvalue weighted by molar-refractivity contribution is -0.119. The number of phenols is 1. The number of nitrogens with zero attached hydrogens (tertiary/aromatic N) is 1. The molecule has 3 rings (SSSR count). The molecule has 0 spiro atoms. The first kappa shape index (κ1) is 33.4. The number of unbranched alkanes of at least 4 members (excludes halogenated alkanes) is 9. The van der Waals surface area contributed by atoms with E-state index in [9.17, 15) is 23.1 Å². The van der Waals surface area contributed by atoms with Crippen LogP contribution in [0.2, 0.25) is 5.02 Å². The summed E-state index contributed by atoms with van der Waals surface area (Å²) in [6, 6.07) is 8.47. The summed E-state index contributed by atoms with van der Waals surface area (Å²) >= 11 is 9.68. The number of aromatic hydroxyl groups is 1. The Kier molecular flexibility index (Phi) is 13.4. The van der Waals surface area contributed by atoms with Crippen molar-refractivity contribution in [3.63, 3.8) is 0 Å². The maximum absolute atomic E-state index is 13.1. The van der Waals surface area contributed by atoms with Gasteiger partial charge >= 0.3 is 0 Å². The Hall–Kier alpha value is -2.14. The Balaban J connectivity index is 1.51. The number of anilines is 2. The number of carbonyl (C=O) groups is 2. The van der Waals surface area contributed by atoms with Crippen molar-refractivity contribution >= 4 is 60.7 Å². The molecule has 226 valence electrons. The average molecular weight is 671 g/mol. The zero-order valence-electron chi connectivity index (χ0n) is 23.6. The Morgan fingerprint density at radius 3 is 2.20 bits per heavy atom. The number of hydrogen-bond donors (Lipinski definition) is 3. The van der Waals surface area contributed by atoms with E-state index < -0.39 is 27.9 Å². The number of amides is 2. The van der Waals surface area contributed by atoms with E-state index in [-0.39, 0.29) is 27.9 Å². The zero-order chi connectivity index (χ0) is 29.8.